The van der Waals surface area contributed by atoms with Gasteiger partial charge in [-0.1, -0.05) is 0 Å². The van der Waals surface area contributed by atoms with Crippen LogP contribution in [0.15, 0.2) is 10.9 Å². The van der Waals surface area contributed by atoms with Crippen LogP contribution in [0.5, 0.6) is 0 Å². The maximum atomic E-state index is 11.9. The molecule has 0 spiro atoms. The molecule has 0 radical (unpaired) electrons. The minimum atomic E-state index is -0.422. The minimum absolute atomic E-state index is 0.0210. The van der Waals surface area contributed by atoms with Gasteiger partial charge in [-0.25, -0.2) is 4.98 Å². The predicted octanol–water partition coefficient (Wildman–Crippen LogP) is 0.421. The van der Waals surface area contributed by atoms with E-state index in [1.165, 1.54) is 11.3 Å². The first kappa shape index (κ1) is 12.0. The summed E-state index contributed by atoms with van der Waals surface area (Å²) >= 11 is 1.54. The van der Waals surface area contributed by atoms with Gasteiger partial charge in [0.25, 0.3) is 0 Å². The van der Waals surface area contributed by atoms with E-state index in [-0.39, 0.29) is 11.8 Å². The lowest BCUT2D eigenvalue weighted by Crippen LogP contribution is -2.61. The van der Waals surface area contributed by atoms with Gasteiger partial charge >= 0.3 is 0 Å². The molecule has 1 aromatic heterocycles. The summed E-state index contributed by atoms with van der Waals surface area (Å²) in [7, 11) is 0. The summed E-state index contributed by atoms with van der Waals surface area (Å²) in [5, 5.41) is 4.62. The van der Waals surface area contributed by atoms with E-state index in [1.807, 2.05) is 5.38 Å². The number of nitrogens with one attached hydrogen (secondary N) is 1. The Morgan fingerprint density at radius 1 is 1.47 bits per heavy atom. The molecule has 1 N–H and O–H groups in total. The molecule has 2 rings (SSSR count). The molecule has 92 valence electrons. The summed E-state index contributed by atoms with van der Waals surface area (Å²) in [5.41, 5.74) is 2.74. The van der Waals surface area contributed by atoms with Crippen molar-refractivity contribution in [3.05, 3.63) is 16.6 Å². The van der Waals surface area contributed by atoms with Crippen molar-refractivity contribution in [3.63, 3.8) is 0 Å². The quantitative estimate of drug-likeness (QED) is 0.849. The van der Waals surface area contributed by atoms with Gasteiger partial charge in [-0.2, -0.15) is 0 Å². The molecule has 0 aromatic carbocycles. The van der Waals surface area contributed by atoms with Crippen LogP contribution in [0.1, 0.15) is 19.5 Å². The molecule has 6 heteroatoms. The van der Waals surface area contributed by atoms with Gasteiger partial charge in [0, 0.05) is 18.3 Å². The third kappa shape index (κ3) is 2.46. The van der Waals surface area contributed by atoms with Gasteiger partial charge in [-0.05, 0) is 13.8 Å². The zero-order valence-corrected chi connectivity index (χ0v) is 10.7. The number of aromatic nitrogens is 1. The molecule has 0 saturated carbocycles. The lowest BCUT2D eigenvalue weighted by Gasteiger charge is -2.36. The van der Waals surface area contributed by atoms with Crippen molar-refractivity contribution < 1.29 is 9.59 Å². The average molecular weight is 253 g/mol. The van der Waals surface area contributed by atoms with Crippen LogP contribution in [-0.2, 0) is 16.0 Å². The van der Waals surface area contributed by atoms with Gasteiger partial charge in [0.1, 0.15) is 12.1 Å². The first-order valence-corrected chi connectivity index (χ1v) is 6.52. The average Bonchev–Trinajstić information content (AvgIpc) is 2.79. The second-order valence-electron chi connectivity index (χ2n) is 4.17. The molecule has 5 nitrogen and oxygen atoms in total. The molecule has 2 atom stereocenters. The predicted molar refractivity (Wildman–Crippen MR) is 64.6 cm³/mol. The maximum Gasteiger partial charge on any atom is 0.245 e. The largest absolute Gasteiger partial charge is 0.343 e. The highest BCUT2D eigenvalue weighted by Gasteiger charge is 2.35. The van der Waals surface area contributed by atoms with Crippen LogP contribution >= 0.6 is 11.3 Å². The van der Waals surface area contributed by atoms with Crippen molar-refractivity contribution in [1.82, 2.24) is 15.2 Å². The number of piperazine rings is 1. The Bertz CT molecular complexity index is 418. The first-order valence-electron chi connectivity index (χ1n) is 5.57. The van der Waals surface area contributed by atoms with E-state index in [0.717, 1.165) is 5.69 Å². The molecule has 0 bridgehead atoms. The molecule has 2 heterocycles. The van der Waals surface area contributed by atoms with Gasteiger partial charge in [0.15, 0.2) is 0 Å². The number of hydrogen-bond acceptors (Lipinski definition) is 4. The number of hydrogen-bond donors (Lipinski definition) is 1. The summed E-state index contributed by atoms with van der Waals surface area (Å²) in [4.78, 5) is 29.3. The van der Waals surface area contributed by atoms with Crippen LogP contribution < -0.4 is 5.32 Å². The van der Waals surface area contributed by atoms with Crippen LogP contribution in [0.4, 0.5) is 0 Å². The lowest BCUT2D eigenvalue weighted by atomic mass is 10.1. The molecule has 1 aromatic rings. The Kier molecular flexibility index (Phi) is 3.42. The van der Waals surface area contributed by atoms with Crippen LogP contribution in [0.25, 0.3) is 0 Å². The number of carbonyl (C=O) groups is 2. The zero-order valence-electron chi connectivity index (χ0n) is 9.84. The number of carbonyl (C=O) groups excluding carboxylic acids is 2. The second kappa shape index (κ2) is 4.83. The molecule has 0 aliphatic carbocycles. The summed E-state index contributed by atoms with van der Waals surface area (Å²) in [6.07, 6.45) is 0.694. The Morgan fingerprint density at radius 3 is 2.88 bits per heavy atom. The highest BCUT2D eigenvalue weighted by atomic mass is 32.1. The Balaban J connectivity index is 2.02. The Labute approximate surface area is 104 Å². The number of amides is 2. The van der Waals surface area contributed by atoms with Crippen LogP contribution in [0.3, 0.4) is 0 Å². The van der Waals surface area contributed by atoms with Gasteiger partial charge in [0.2, 0.25) is 11.8 Å². The number of rotatable bonds is 3. The van der Waals surface area contributed by atoms with Gasteiger partial charge in [-0.15, -0.1) is 11.3 Å². The fourth-order valence-corrected chi connectivity index (χ4v) is 2.47. The molecule has 1 aliphatic rings. The third-order valence-corrected chi connectivity index (χ3v) is 3.59. The zero-order chi connectivity index (χ0) is 12.4. The second-order valence-corrected chi connectivity index (χ2v) is 4.89. The van der Waals surface area contributed by atoms with Gasteiger partial charge in [0.05, 0.1) is 11.2 Å². The van der Waals surface area contributed by atoms with Crippen molar-refractivity contribution >= 4 is 23.2 Å². The SMILES string of the molecule is CC1NC(=O)C(C)N(CCc2cscn2)C1=O. The highest BCUT2D eigenvalue weighted by molar-refractivity contribution is 7.07. The van der Waals surface area contributed by atoms with E-state index < -0.39 is 12.1 Å². The Morgan fingerprint density at radius 2 is 2.24 bits per heavy atom. The van der Waals surface area contributed by atoms with Gasteiger partial charge < -0.3 is 10.2 Å². The van der Waals surface area contributed by atoms with E-state index in [4.69, 9.17) is 0 Å². The van der Waals surface area contributed by atoms with Crippen molar-refractivity contribution in [2.45, 2.75) is 32.4 Å². The number of nitrogens with zero attached hydrogens (tertiary/aromatic N) is 2. The van der Waals surface area contributed by atoms with E-state index in [1.54, 1.807) is 24.3 Å². The molecule has 1 saturated heterocycles. The fraction of sp³-hybridized carbons (Fsp3) is 0.545. The van der Waals surface area contributed by atoms with Gasteiger partial charge in [-0.3, -0.25) is 9.59 Å². The minimum Gasteiger partial charge on any atom is -0.343 e. The van der Waals surface area contributed by atoms with E-state index in [9.17, 15) is 9.59 Å². The number of thiazole rings is 1. The van der Waals surface area contributed by atoms with E-state index in [2.05, 4.69) is 10.3 Å². The first-order chi connectivity index (χ1) is 8.09. The lowest BCUT2D eigenvalue weighted by molar-refractivity contribution is -0.148. The molecule has 2 amide bonds. The summed E-state index contributed by atoms with van der Waals surface area (Å²) in [6.45, 7) is 4.00. The molecule has 1 aliphatic heterocycles. The fourth-order valence-electron chi connectivity index (χ4n) is 1.88. The molecule has 1 fully saturated rings. The molecule has 2 unspecified atom stereocenters. The standard InChI is InChI=1S/C11H15N3O2S/c1-7-11(16)14(8(2)10(15)13-7)4-3-9-5-17-6-12-9/h5-8H,3-4H2,1-2H3,(H,13,15). The molecular weight excluding hydrogens is 238 g/mol. The Hall–Kier alpha value is -1.43. The monoisotopic (exact) mass is 253 g/mol. The third-order valence-electron chi connectivity index (χ3n) is 2.95. The van der Waals surface area contributed by atoms with Crippen molar-refractivity contribution in [2.75, 3.05) is 6.54 Å². The maximum absolute atomic E-state index is 11.9. The van der Waals surface area contributed by atoms with Crippen molar-refractivity contribution in [3.8, 4) is 0 Å². The van der Waals surface area contributed by atoms with E-state index >= 15 is 0 Å². The van der Waals surface area contributed by atoms with Crippen LogP contribution in [0, 0.1) is 0 Å². The van der Waals surface area contributed by atoms with Crippen LogP contribution in [0.2, 0.25) is 0 Å². The molecular formula is C11H15N3O2S. The van der Waals surface area contributed by atoms with E-state index in [0.29, 0.717) is 13.0 Å². The normalized spacial score (nSPS) is 24.9. The summed E-state index contributed by atoms with van der Waals surface area (Å²) in [6, 6.07) is -0.813. The van der Waals surface area contributed by atoms with Crippen LogP contribution in [-0.4, -0.2) is 40.3 Å². The van der Waals surface area contributed by atoms with Crippen molar-refractivity contribution in [1.29, 1.82) is 0 Å². The summed E-state index contributed by atoms with van der Waals surface area (Å²) in [5.74, 6) is -0.109. The highest BCUT2D eigenvalue weighted by Crippen LogP contribution is 2.11. The van der Waals surface area contributed by atoms with Crippen molar-refractivity contribution in [2.24, 2.45) is 0 Å². The smallest absolute Gasteiger partial charge is 0.245 e. The molecule has 17 heavy (non-hydrogen) atoms. The topological polar surface area (TPSA) is 62.3 Å². The summed E-state index contributed by atoms with van der Waals surface area (Å²) < 4.78 is 0.